The number of hydrogen-bond acceptors (Lipinski definition) is 6. The Morgan fingerprint density at radius 2 is 1.67 bits per heavy atom. The highest BCUT2D eigenvalue weighted by atomic mass is 16.7. The van der Waals surface area contributed by atoms with E-state index in [4.69, 9.17) is 28.7 Å². The van der Waals surface area contributed by atoms with Crippen molar-refractivity contribution in [3.05, 3.63) is 71.8 Å². The molecular weight excluding hydrogens is 346 g/mol. The van der Waals surface area contributed by atoms with Crippen LogP contribution in [-0.2, 0) is 23.7 Å². The van der Waals surface area contributed by atoms with Gasteiger partial charge in [0.15, 0.2) is 18.7 Å². The molecule has 2 saturated heterocycles. The van der Waals surface area contributed by atoms with Gasteiger partial charge in [0.25, 0.3) is 0 Å². The largest absolute Gasteiger partial charge is 0.469 e. The summed E-state index contributed by atoms with van der Waals surface area (Å²) in [6.45, 7) is 0.414. The van der Waals surface area contributed by atoms with E-state index in [1.54, 1.807) is 7.11 Å². The lowest BCUT2D eigenvalue weighted by atomic mass is 9.96. The van der Waals surface area contributed by atoms with Crippen molar-refractivity contribution in [3.63, 3.8) is 0 Å². The Morgan fingerprint density at radius 1 is 0.926 bits per heavy atom. The summed E-state index contributed by atoms with van der Waals surface area (Å²) in [5.74, 6) is 0.600. The first-order valence-corrected chi connectivity index (χ1v) is 9.13. The second-order valence-electron chi connectivity index (χ2n) is 6.83. The minimum absolute atomic E-state index is 0.263. The third-order valence-electron chi connectivity index (χ3n) is 5.15. The summed E-state index contributed by atoms with van der Waals surface area (Å²) in [6, 6.07) is 19.5. The molecule has 3 aliphatic rings. The first kappa shape index (κ1) is 16.9. The molecule has 6 atom stereocenters. The fourth-order valence-corrected chi connectivity index (χ4v) is 3.82. The molecule has 3 unspecified atom stereocenters. The smallest absolute Gasteiger partial charge is 0.217 e. The summed E-state index contributed by atoms with van der Waals surface area (Å²) in [7, 11) is 1.62. The maximum Gasteiger partial charge on any atom is 0.217 e. The van der Waals surface area contributed by atoms with E-state index in [0.717, 1.165) is 11.1 Å². The van der Waals surface area contributed by atoms with Crippen molar-refractivity contribution in [2.45, 2.75) is 36.9 Å². The Kier molecular flexibility index (Phi) is 4.41. The van der Waals surface area contributed by atoms with Gasteiger partial charge in [0.1, 0.15) is 18.2 Å². The van der Waals surface area contributed by atoms with Crippen LogP contribution in [0.5, 0.6) is 0 Å². The van der Waals surface area contributed by atoms with E-state index in [1.807, 2.05) is 60.7 Å². The van der Waals surface area contributed by atoms with Crippen molar-refractivity contribution in [2.24, 2.45) is 4.99 Å². The molecule has 0 amide bonds. The van der Waals surface area contributed by atoms with Gasteiger partial charge >= 0.3 is 0 Å². The van der Waals surface area contributed by atoms with Crippen LogP contribution in [0.2, 0.25) is 0 Å². The molecule has 5 rings (SSSR count). The lowest BCUT2D eigenvalue weighted by Crippen LogP contribution is -2.60. The maximum atomic E-state index is 6.27. The van der Waals surface area contributed by atoms with Gasteiger partial charge in [-0.05, 0) is 12.1 Å². The van der Waals surface area contributed by atoms with Gasteiger partial charge in [-0.1, -0.05) is 48.5 Å². The number of rotatable bonds is 3. The number of fused-ring (bicyclic) bond motifs is 3. The van der Waals surface area contributed by atoms with Crippen LogP contribution in [0.4, 0.5) is 0 Å². The third-order valence-corrected chi connectivity index (χ3v) is 5.15. The zero-order valence-corrected chi connectivity index (χ0v) is 14.9. The molecule has 2 fully saturated rings. The van der Waals surface area contributed by atoms with Crippen molar-refractivity contribution in [3.8, 4) is 0 Å². The first-order chi connectivity index (χ1) is 13.3. The standard InChI is InChI=1S/C21H21NO5/c1-23-21-16-18(26-19(22-16)13-8-4-2-5-9-13)17-15(25-21)12-24-20(27-17)14-10-6-3-7-11-14/h2-11,15-18,20-21H,12H2,1H3/t15?,16-,17-,18+,20?,21?/m0/s1. The summed E-state index contributed by atoms with van der Waals surface area (Å²) in [4.78, 5) is 4.74. The summed E-state index contributed by atoms with van der Waals surface area (Å²) in [6.07, 6.45) is -1.76. The Balaban J connectivity index is 1.41. The van der Waals surface area contributed by atoms with Crippen molar-refractivity contribution >= 4 is 5.90 Å². The predicted octanol–water partition coefficient (Wildman–Crippen LogP) is 2.69. The van der Waals surface area contributed by atoms with E-state index in [9.17, 15) is 0 Å². The van der Waals surface area contributed by atoms with Crippen molar-refractivity contribution < 1.29 is 23.7 Å². The van der Waals surface area contributed by atoms with Crippen LogP contribution in [0.3, 0.4) is 0 Å². The normalized spacial score (nSPS) is 34.9. The van der Waals surface area contributed by atoms with E-state index in [2.05, 4.69) is 0 Å². The third kappa shape index (κ3) is 3.04. The van der Waals surface area contributed by atoms with Gasteiger partial charge < -0.3 is 23.7 Å². The molecule has 6 heteroatoms. The summed E-state index contributed by atoms with van der Waals surface area (Å²) >= 11 is 0. The van der Waals surface area contributed by atoms with Crippen LogP contribution in [-0.4, -0.2) is 50.3 Å². The summed E-state index contributed by atoms with van der Waals surface area (Å²) in [5.41, 5.74) is 1.91. The highest BCUT2D eigenvalue weighted by Crippen LogP contribution is 2.39. The average Bonchev–Trinajstić information content (AvgIpc) is 3.20. The molecule has 0 spiro atoms. The predicted molar refractivity (Wildman–Crippen MR) is 97.3 cm³/mol. The molecular formula is C21H21NO5. The molecule has 3 heterocycles. The fourth-order valence-electron chi connectivity index (χ4n) is 3.82. The monoisotopic (exact) mass is 367 g/mol. The van der Waals surface area contributed by atoms with E-state index in [1.165, 1.54) is 0 Å². The van der Waals surface area contributed by atoms with Crippen LogP contribution < -0.4 is 0 Å². The van der Waals surface area contributed by atoms with Gasteiger partial charge in [-0.2, -0.15) is 0 Å². The first-order valence-electron chi connectivity index (χ1n) is 9.13. The highest BCUT2D eigenvalue weighted by molar-refractivity contribution is 5.95. The lowest BCUT2D eigenvalue weighted by Gasteiger charge is -2.45. The molecule has 2 aromatic rings. The minimum Gasteiger partial charge on any atom is -0.469 e. The van der Waals surface area contributed by atoms with Gasteiger partial charge in [0.2, 0.25) is 5.90 Å². The molecule has 0 saturated carbocycles. The van der Waals surface area contributed by atoms with Gasteiger partial charge in [-0.25, -0.2) is 4.99 Å². The van der Waals surface area contributed by atoms with Gasteiger partial charge in [-0.3, -0.25) is 0 Å². The number of ether oxygens (including phenoxy) is 5. The van der Waals surface area contributed by atoms with Crippen LogP contribution in [0.15, 0.2) is 65.7 Å². The van der Waals surface area contributed by atoms with E-state index in [-0.39, 0.29) is 24.4 Å². The Bertz CT molecular complexity index is 812. The van der Waals surface area contributed by atoms with Crippen LogP contribution >= 0.6 is 0 Å². The average molecular weight is 367 g/mol. The van der Waals surface area contributed by atoms with Crippen LogP contribution in [0, 0.1) is 0 Å². The highest BCUT2D eigenvalue weighted by Gasteiger charge is 2.54. The second-order valence-corrected chi connectivity index (χ2v) is 6.83. The number of nitrogens with zero attached hydrogens (tertiary/aromatic N) is 1. The number of benzene rings is 2. The molecule has 2 aromatic carbocycles. The van der Waals surface area contributed by atoms with Gasteiger partial charge in [0.05, 0.1) is 6.61 Å². The van der Waals surface area contributed by atoms with Crippen molar-refractivity contribution in [2.75, 3.05) is 13.7 Å². The fraction of sp³-hybridized carbons (Fsp3) is 0.381. The maximum absolute atomic E-state index is 6.27. The molecule has 27 heavy (non-hydrogen) atoms. The van der Waals surface area contributed by atoms with Crippen LogP contribution in [0.25, 0.3) is 0 Å². The van der Waals surface area contributed by atoms with E-state index >= 15 is 0 Å². The Morgan fingerprint density at radius 3 is 2.41 bits per heavy atom. The molecule has 0 aliphatic carbocycles. The van der Waals surface area contributed by atoms with Gasteiger partial charge in [0, 0.05) is 18.2 Å². The number of aliphatic imine (C=N–C) groups is 1. The summed E-state index contributed by atoms with van der Waals surface area (Å²) < 4.78 is 30.0. The number of hydrogen-bond donors (Lipinski definition) is 0. The Labute approximate surface area is 157 Å². The molecule has 0 N–H and O–H groups in total. The minimum atomic E-state index is -0.488. The zero-order valence-electron chi connectivity index (χ0n) is 14.9. The molecule has 6 nitrogen and oxygen atoms in total. The quantitative estimate of drug-likeness (QED) is 0.835. The number of methoxy groups -OCH3 is 1. The zero-order chi connectivity index (χ0) is 18.2. The Hall–Kier alpha value is -2.25. The van der Waals surface area contributed by atoms with E-state index in [0.29, 0.717) is 12.5 Å². The molecule has 0 radical (unpaired) electrons. The SMILES string of the molecule is COC1OC2COC(c3ccccc3)O[C@@H]2[C@@H]2OC(c3ccccc3)=N[C@H]12. The van der Waals surface area contributed by atoms with E-state index < -0.39 is 12.6 Å². The molecule has 0 bridgehead atoms. The van der Waals surface area contributed by atoms with Crippen molar-refractivity contribution in [1.29, 1.82) is 0 Å². The molecule has 0 aromatic heterocycles. The topological polar surface area (TPSA) is 58.5 Å². The van der Waals surface area contributed by atoms with Crippen LogP contribution in [0.1, 0.15) is 17.4 Å². The molecule has 140 valence electrons. The van der Waals surface area contributed by atoms with Gasteiger partial charge in [-0.15, -0.1) is 0 Å². The second kappa shape index (κ2) is 7.05. The summed E-state index contributed by atoms with van der Waals surface area (Å²) in [5, 5.41) is 0. The van der Waals surface area contributed by atoms with Crippen molar-refractivity contribution in [1.82, 2.24) is 0 Å². The lowest BCUT2D eigenvalue weighted by molar-refractivity contribution is -0.333. The molecule has 3 aliphatic heterocycles.